The molecule has 2 N–H and O–H groups in total. The summed E-state index contributed by atoms with van der Waals surface area (Å²) in [4.78, 5) is 15.9. The van der Waals surface area contributed by atoms with Gasteiger partial charge in [-0.3, -0.25) is 0 Å². The second-order valence-corrected chi connectivity index (χ2v) is 7.50. The van der Waals surface area contributed by atoms with E-state index in [2.05, 4.69) is 42.3 Å². The van der Waals surface area contributed by atoms with Gasteiger partial charge in [0.05, 0.1) is 0 Å². The number of amides is 1. The Bertz CT molecular complexity index is 945. The molecule has 0 bridgehead atoms. The van der Waals surface area contributed by atoms with Crippen molar-refractivity contribution in [2.24, 2.45) is 0 Å². The number of alkyl carbamates (subject to hydrolysis) is 1. The topological polar surface area (TPSA) is 54.1 Å². The van der Waals surface area contributed by atoms with Gasteiger partial charge in [0.25, 0.3) is 0 Å². The Labute approximate surface area is 153 Å². The number of fused-ring (bicyclic) bond motifs is 3. The highest BCUT2D eigenvalue weighted by Gasteiger charge is 2.34. The molecule has 4 rings (SSSR count). The Morgan fingerprint density at radius 1 is 1.19 bits per heavy atom. The molecule has 1 heterocycles. The third-order valence-electron chi connectivity index (χ3n) is 5.33. The molecule has 3 aromatic rings. The molecule has 0 aliphatic heterocycles. The van der Waals surface area contributed by atoms with E-state index < -0.39 is 0 Å². The average molecular weight is 348 g/mol. The lowest BCUT2D eigenvalue weighted by molar-refractivity contribution is 0.125. The van der Waals surface area contributed by atoms with Crippen molar-refractivity contribution < 1.29 is 9.53 Å². The zero-order valence-electron chi connectivity index (χ0n) is 15.3. The standard InChI is InChI=1S/C22H24N2O2/c1-15-7-6-10-19-20(15)17-13-22(2,12-11-18(17)23-19)24-21(25)26-14-16-8-4-3-5-9-16/h3-10,23H,11-14H2,1-2H3,(H,24,25). The van der Waals surface area contributed by atoms with Crippen molar-refractivity contribution in [1.82, 2.24) is 10.3 Å². The van der Waals surface area contributed by atoms with E-state index in [0.717, 1.165) is 24.8 Å². The van der Waals surface area contributed by atoms with Gasteiger partial charge >= 0.3 is 6.09 Å². The van der Waals surface area contributed by atoms with Gasteiger partial charge in [0.1, 0.15) is 6.61 Å². The maximum absolute atomic E-state index is 12.3. The van der Waals surface area contributed by atoms with Crippen LogP contribution in [0.1, 0.15) is 35.7 Å². The molecule has 2 aromatic carbocycles. The number of ether oxygens (including phenoxy) is 1. The predicted octanol–water partition coefficient (Wildman–Crippen LogP) is 4.65. The van der Waals surface area contributed by atoms with Crippen molar-refractivity contribution in [2.45, 2.75) is 45.3 Å². The van der Waals surface area contributed by atoms with E-state index in [0.29, 0.717) is 6.61 Å². The SMILES string of the molecule is Cc1cccc2[nH]c3c(c12)CC(C)(NC(=O)OCc1ccccc1)CC3. The van der Waals surface area contributed by atoms with Crippen molar-refractivity contribution in [3.63, 3.8) is 0 Å². The Morgan fingerprint density at radius 3 is 2.81 bits per heavy atom. The highest BCUT2D eigenvalue weighted by molar-refractivity contribution is 5.88. The number of benzene rings is 2. The first kappa shape index (κ1) is 16.7. The van der Waals surface area contributed by atoms with E-state index >= 15 is 0 Å². The summed E-state index contributed by atoms with van der Waals surface area (Å²) >= 11 is 0. The fraction of sp³-hybridized carbons (Fsp3) is 0.318. The third kappa shape index (κ3) is 3.19. The van der Waals surface area contributed by atoms with Crippen LogP contribution in [0.3, 0.4) is 0 Å². The number of nitrogens with one attached hydrogen (secondary N) is 2. The number of aromatic amines is 1. The van der Waals surface area contributed by atoms with Gasteiger partial charge in [-0.25, -0.2) is 4.79 Å². The molecule has 0 saturated carbocycles. The van der Waals surface area contributed by atoms with E-state index in [1.165, 1.54) is 27.7 Å². The molecule has 1 amide bonds. The zero-order chi connectivity index (χ0) is 18.1. The summed E-state index contributed by atoms with van der Waals surface area (Å²) < 4.78 is 5.42. The van der Waals surface area contributed by atoms with E-state index in [1.54, 1.807) is 0 Å². The summed E-state index contributed by atoms with van der Waals surface area (Å²) in [7, 11) is 0. The van der Waals surface area contributed by atoms with Crippen molar-refractivity contribution in [2.75, 3.05) is 0 Å². The van der Waals surface area contributed by atoms with Gasteiger partial charge in [-0.2, -0.15) is 0 Å². The van der Waals surface area contributed by atoms with Crippen LogP contribution in [-0.2, 0) is 24.2 Å². The second kappa shape index (κ2) is 6.52. The summed E-state index contributed by atoms with van der Waals surface area (Å²) in [6.45, 7) is 4.54. The normalized spacial score (nSPS) is 19.2. The highest BCUT2D eigenvalue weighted by atomic mass is 16.5. The van der Waals surface area contributed by atoms with E-state index in [1.807, 2.05) is 30.3 Å². The van der Waals surface area contributed by atoms with Crippen LogP contribution in [-0.4, -0.2) is 16.6 Å². The molecular formula is C22H24N2O2. The third-order valence-corrected chi connectivity index (χ3v) is 5.33. The van der Waals surface area contributed by atoms with Crippen LogP contribution < -0.4 is 5.32 Å². The molecule has 1 unspecified atom stereocenters. The number of hydrogen-bond donors (Lipinski definition) is 2. The summed E-state index contributed by atoms with van der Waals surface area (Å²) in [6.07, 6.45) is 2.29. The highest BCUT2D eigenvalue weighted by Crippen LogP contribution is 2.35. The molecule has 1 aliphatic rings. The maximum Gasteiger partial charge on any atom is 0.407 e. The first-order valence-corrected chi connectivity index (χ1v) is 9.12. The molecule has 4 heteroatoms. The number of hydrogen-bond acceptors (Lipinski definition) is 2. The molecule has 1 aliphatic carbocycles. The van der Waals surface area contributed by atoms with E-state index in [-0.39, 0.29) is 11.6 Å². The fourth-order valence-corrected chi connectivity index (χ4v) is 3.96. The molecule has 0 saturated heterocycles. The molecule has 1 atom stereocenters. The van der Waals surface area contributed by atoms with Gasteiger partial charge in [-0.05, 0) is 55.9 Å². The molecule has 134 valence electrons. The van der Waals surface area contributed by atoms with Crippen LogP contribution in [0.25, 0.3) is 10.9 Å². The lowest BCUT2D eigenvalue weighted by Gasteiger charge is -2.34. The summed E-state index contributed by atoms with van der Waals surface area (Å²) in [5, 5.41) is 4.40. The van der Waals surface area contributed by atoms with Gasteiger partial charge in [0.2, 0.25) is 0 Å². The van der Waals surface area contributed by atoms with Gasteiger partial charge in [-0.15, -0.1) is 0 Å². The van der Waals surface area contributed by atoms with E-state index in [4.69, 9.17) is 4.74 Å². The summed E-state index contributed by atoms with van der Waals surface area (Å²) in [5.41, 5.74) is 5.78. The Kier molecular flexibility index (Phi) is 4.19. The second-order valence-electron chi connectivity index (χ2n) is 7.50. The molecule has 0 spiro atoms. The number of aryl methyl sites for hydroxylation is 2. The van der Waals surface area contributed by atoms with Crippen LogP contribution >= 0.6 is 0 Å². The van der Waals surface area contributed by atoms with Crippen LogP contribution in [0.5, 0.6) is 0 Å². The summed E-state index contributed by atoms with van der Waals surface area (Å²) in [5.74, 6) is 0. The van der Waals surface area contributed by atoms with E-state index in [9.17, 15) is 4.79 Å². The number of aromatic nitrogens is 1. The van der Waals surface area contributed by atoms with Gasteiger partial charge in [0, 0.05) is 22.1 Å². The smallest absolute Gasteiger partial charge is 0.407 e. The van der Waals surface area contributed by atoms with Crippen molar-refractivity contribution in [1.29, 1.82) is 0 Å². The quantitative estimate of drug-likeness (QED) is 0.724. The number of carbonyl (C=O) groups is 1. The minimum absolute atomic E-state index is 0.292. The monoisotopic (exact) mass is 348 g/mol. The van der Waals surface area contributed by atoms with Crippen molar-refractivity contribution in [3.8, 4) is 0 Å². The van der Waals surface area contributed by atoms with Gasteiger partial charge in [0.15, 0.2) is 0 Å². The lowest BCUT2D eigenvalue weighted by atomic mass is 9.81. The number of H-pyrrole nitrogens is 1. The predicted molar refractivity (Wildman–Crippen MR) is 103 cm³/mol. The first-order valence-electron chi connectivity index (χ1n) is 9.12. The zero-order valence-corrected chi connectivity index (χ0v) is 15.3. The first-order chi connectivity index (χ1) is 12.5. The molecule has 0 fully saturated rings. The molecule has 1 aromatic heterocycles. The minimum Gasteiger partial charge on any atom is -0.445 e. The molecule has 26 heavy (non-hydrogen) atoms. The Balaban J connectivity index is 1.48. The average Bonchev–Trinajstić information content (AvgIpc) is 2.99. The lowest BCUT2D eigenvalue weighted by Crippen LogP contribution is -2.49. The van der Waals surface area contributed by atoms with Gasteiger partial charge < -0.3 is 15.0 Å². The van der Waals surface area contributed by atoms with Crippen molar-refractivity contribution >= 4 is 17.0 Å². The van der Waals surface area contributed by atoms with Gasteiger partial charge in [-0.1, -0.05) is 42.5 Å². The van der Waals surface area contributed by atoms with Crippen LogP contribution in [0, 0.1) is 6.92 Å². The molecule has 0 radical (unpaired) electrons. The van der Waals surface area contributed by atoms with Crippen LogP contribution in [0.4, 0.5) is 4.79 Å². The van der Waals surface area contributed by atoms with Crippen molar-refractivity contribution in [3.05, 3.63) is 70.9 Å². The number of rotatable bonds is 3. The minimum atomic E-state index is -0.351. The molecule has 4 nitrogen and oxygen atoms in total. The van der Waals surface area contributed by atoms with Crippen LogP contribution in [0.2, 0.25) is 0 Å². The fourth-order valence-electron chi connectivity index (χ4n) is 3.96. The summed E-state index contributed by atoms with van der Waals surface area (Å²) in [6, 6.07) is 16.1. The Hall–Kier alpha value is -2.75. The largest absolute Gasteiger partial charge is 0.445 e. The number of carbonyl (C=O) groups excluding carboxylic acids is 1. The Morgan fingerprint density at radius 2 is 2.00 bits per heavy atom. The maximum atomic E-state index is 12.3. The van der Waals surface area contributed by atoms with Crippen LogP contribution in [0.15, 0.2) is 48.5 Å². The molecular weight excluding hydrogens is 324 g/mol.